The maximum absolute atomic E-state index is 12.1. The minimum Gasteiger partial charge on any atom is -0.250 e. The van der Waals surface area contributed by atoms with Crippen LogP contribution >= 0.6 is 12.2 Å². The topological polar surface area (TPSA) is 28.7 Å². The second kappa shape index (κ2) is 2.18. The van der Waals surface area contributed by atoms with Crippen LogP contribution in [0.4, 0.5) is 8.78 Å². The van der Waals surface area contributed by atoms with Crippen molar-refractivity contribution in [1.29, 1.82) is 0 Å². The van der Waals surface area contributed by atoms with E-state index in [2.05, 4.69) is 17.3 Å². The molecule has 0 saturated heterocycles. The summed E-state index contributed by atoms with van der Waals surface area (Å²) in [5, 5.41) is 4.69. The number of halogens is 2. The monoisotopic (exact) mass is 148 g/mol. The summed E-state index contributed by atoms with van der Waals surface area (Å²) in [5.41, 5.74) is 0. The third-order valence-corrected chi connectivity index (χ3v) is 1.01. The van der Waals surface area contributed by atoms with E-state index >= 15 is 0 Å². The molecule has 0 aromatic carbocycles. The average Bonchev–Trinajstić information content (AvgIpc) is 1.80. The van der Waals surface area contributed by atoms with E-state index in [0.29, 0.717) is 0 Å². The zero-order valence-electron chi connectivity index (χ0n) is 4.19. The fraction of sp³-hybridized carbons (Fsp3) is 0. The molecule has 0 aliphatic heterocycles. The van der Waals surface area contributed by atoms with Gasteiger partial charge in [0.05, 0.1) is 4.51 Å². The lowest BCUT2D eigenvalue weighted by atomic mass is 10.6. The third kappa shape index (κ3) is 1.29. The molecule has 0 aliphatic rings. The van der Waals surface area contributed by atoms with E-state index in [1.807, 2.05) is 0 Å². The van der Waals surface area contributed by atoms with E-state index in [-0.39, 0.29) is 4.51 Å². The Hall–Kier alpha value is -0.840. The molecule has 48 valence electrons. The molecule has 9 heavy (non-hydrogen) atoms. The molecule has 5 heteroatoms. The number of aromatic nitrogens is 2. The Morgan fingerprint density at radius 1 is 1.56 bits per heavy atom. The minimum atomic E-state index is -0.855. The number of aromatic amines is 1. The van der Waals surface area contributed by atoms with Crippen molar-refractivity contribution in [3.63, 3.8) is 0 Å². The maximum atomic E-state index is 12.1. The normalized spacial score (nSPS) is 9.56. The molecule has 0 amide bonds. The molecule has 1 heterocycles. The van der Waals surface area contributed by atoms with Crippen molar-refractivity contribution in [2.75, 3.05) is 0 Å². The van der Waals surface area contributed by atoms with Gasteiger partial charge in [-0.2, -0.15) is 8.78 Å². The van der Waals surface area contributed by atoms with Gasteiger partial charge in [-0.1, -0.05) is 12.2 Å². The van der Waals surface area contributed by atoms with Gasteiger partial charge in [0.1, 0.15) is 0 Å². The predicted molar refractivity (Wildman–Crippen MR) is 29.3 cm³/mol. The van der Waals surface area contributed by atoms with Crippen LogP contribution in [0.3, 0.4) is 0 Å². The summed E-state index contributed by atoms with van der Waals surface area (Å²) in [5.74, 6) is -1.59. The Kier molecular flexibility index (Phi) is 1.52. The van der Waals surface area contributed by atoms with Crippen molar-refractivity contribution in [1.82, 2.24) is 10.2 Å². The quantitative estimate of drug-likeness (QED) is 0.563. The molecular weight excluding hydrogens is 146 g/mol. The molecule has 1 aromatic rings. The summed E-state index contributed by atoms with van der Waals surface area (Å²) in [4.78, 5) is 0. The second-order valence-corrected chi connectivity index (χ2v) is 1.81. The maximum Gasteiger partial charge on any atom is 0.249 e. The summed E-state index contributed by atoms with van der Waals surface area (Å²) in [7, 11) is 0. The molecule has 1 rings (SSSR count). The van der Waals surface area contributed by atoms with Gasteiger partial charge in [-0.3, -0.25) is 5.10 Å². The SMILES string of the molecule is Fc1cc(=S)c(F)n[nH]1. The first-order chi connectivity index (χ1) is 4.20. The fourth-order valence-electron chi connectivity index (χ4n) is 0.365. The van der Waals surface area contributed by atoms with E-state index in [4.69, 9.17) is 0 Å². The van der Waals surface area contributed by atoms with Gasteiger partial charge < -0.3 is 0 Å². The van der Waals surface area contributed by atoms with E-state index in [9.17, 15) is 8.78 Å². The van der Waals surface area contributed by atoms with Gasteiger partial charge in [0.25, 0.3) is 0 Å². The zero-order valence-corrected chi connectivity index (χ0v) is 5.01. The molecular formula is C4H2F2N2S. The van der Waals surface area contributed by atoms with Crippen molar-refractivity contribution < 1.29 is 8.78 Å². The Labute approximate surface area is 54.5 Å². The lowest BCUT2D eigenvalue weighted by Gasteiger charge is -1.86. The van der Waals surface area contributed by atoms with Gasteiger partial charge >= 0.3 is 0 Å². The standard InChI is InChI=1S/C4H2F2N2S/c5-3-1-2(9)4(6)8-7-3/h1H,(H,7,9). The van der Waals surface area contributed by atoms with Crippen LogP contribution in [0.5, 0.6) is 0 Å². The molecule has 0 bridgehead atoms. The number of nitrogens with one attached hydrogen (secondary N) is 1. The predicted octanol–water partition coefficient (Wildman–Crippen LogP) is 1.42. The Balaban J connectivity index is 3.34. The minimum absolute atomic E-state index is 0.216. The highest BCUT2D eigenvalue weighted by Gasteiger charge is 1.94. The van der Waals surface area contributed by atoms with E-state index < -0.39 is 11.9 Å². The summed E-state index contributed by atoms with van der Waals surface area (Å²) < 4.78 is 23.9. The number of nitrogens with zero attached hydrogens (tertiary/aromatic N) is 1. The molecule has 0 aliphatic carbocycles. The summed E-state index contributed by atoms with van der Waals surface area (Å²) >= 11 is 4.34. The Morgan fingerprint density at radius 2 is 2.22 bits per heavy atom. The van der Waals surface area contributed by atoms with Gasteiger partial charge in [-0.15, -0.1) is 5.10 Å². The number of hydrogen-bond acceptors (Lipinski definition) is 2. The van der Waals surface area contributed by atoms with Crippen LogP contribution in [-0.4, -0.2) is 10.2 Å². The molecule has 0 atom stereocenters. The van der Waals surface area contributed by atoms with Crippen LogP contribution in [-0.2, 0) is 0 Å². The highest BCUT2D eigenvalue weighted by Crippen LogP contribution is 1.95. The molecule has 0 unspecified atom stereocenters. The van der Waals surface area contributed by atoms with Gasteiger partial charge in [0.2, 0.25) is 11.9 Å². The van der Waals surface area contributed by atoms with Gasteiger partial charge in [0.15, 0.2) is 0 Å². The van der Waals surface area contributed by atoms with Crippen molar-refractivity contribution in [2.24, 2.45) is 0 Å². The van der Waals surface area contributed by atoms with Gasteiger partial charge in [-0.05, 0) is 0 Å². The van der Waals surface area contributed by atoms with E-state index in [1.54, 1.807) is 5.10 Å². The van der Waals surface area contributed by atoms with Crippen LogP contribution in [0.1, 0.15) is 0 Å². The third-order valence-electron chi connectivity index (χ3n) is 0.722. The van der Waals surface area contributed by atoms with Crippen molar-refractivity contribution >= 4 is 12.2 Å². The van der Waals surface area contributed by atoms with Crippen LogP contribution in [0, 0.1) is 16.4 Å². The summed E-state index contributed by atoms with van der Waals surface area (Å²) in [6, 6.07) is 0.859. The highest BCUT2D eigenvalue weighted by molar-refractivity contribution is 7.71. The molecule has 2 nitrogen and oxygen atoms in total. The molecule has 0 radical (unpaired) electrons. The van der Waals surface area contributed by atoms with Crippen LogP contribution < -0.4 is 0 Å². The zero-order chi connectivity index (χ0) is 6.85. The first kappa shape index (κ1) is 6.28. The molecule has 1 aromatic heterocycles. The van der Waals surface area contributed by atoms with E-state index in [0.717, 1.165) is 6.07 Å². The van der Waals surface area contributed by atoms with E-state index in [1.165, 1.54) is 0 Å². The fourth-order valence-corrected chi connectivity index (χ4v) is 0.514. The van der Waals surface area contributed by atoms with Crippen molar-refractivity contribution in [3.05, 3.63) is 22.5 Å². The number of hydrogen-bond donors (Lipinski definition) is 1. The van der Waals surface area contributed by atoms with Crippen LogP contribution in [0.25, 0.3) is 0 Å². The summed E-state index contributed by atoms with van der Waals surface area (Å²) in [6.45, 7) is 0. The van der Waals surface area contributed by atoms with Crippen molar-refractivity contribution in [3.8, 4) is 0 Å². The lowest BCUT2D eigenvalue weighted by Crippen LogP contribution is -1.90. The van der Waals surface area contributed by atoms with Gasteiger partial charge in [-0.25, -0.2) is 0 Å². The average molecular weight is 148 g/mol. The molecule has 0 saturated carbocycles. The molecule has 1 N–H and O–H groups in total. The van der Waals surface area contributed by atoms with Crippen molar-refractivity contribution in [2.45, 2.75) is 0 Å². The Morgan fingerprint density at radius 3 is 2.67 bits per heavy atom. The first-order valence-corrected chi connectivity index (χ1v) is 2.51. The van der Waals surface area contributed by atoms with Gasteiger partial charge in [0, 0.05) is 6.07 Å². The second-order valence-electron chi connectivity index (χ2n) is 1.37. The summed E-state index contributed by atoms with van der Waals surface area (Å²) in [6.07, 6.45) is 0. The molecule has 0 fully saturated rings. The molecule has 0 spiro atoms. The van der Waals surface area contributed by atoms with Crippen LogP contribution in [0.2, 0.25) is 0 Å². The van der Waals surface area contributed by atoms with Crippen LogP contribution in [0.15, 0.2) is 6.07 Å². The smallest absolute Gasteiger partial charge is 0.249 e. The Bertz CT molecular complexity index is 270. The number of rotatable bonds is 0. The number of H-pyrrole nitrogens is 1. The first-order valence-electron chi connectivity index (χ1n) is 2.11. The highest BCUT2D eigenvalue weighted by atomic mass is 32.1. The lowest BCUT2D eigenvalue weighted by molar-refractivity contribution is 0.504. The largest absolute Gasteiger partial charge is 0.250 e.